The van der Waals surface area contributed by atoms with Gasteiger partial charge in [-0.1, -0.05) is 31.9 Å². The highest BCUT2D eigenvalue weighted by Crippen LogP contribution is 2.22. The Labute approximate surface area is 187 Å². The van der Waals surface area contributed by atoms with Crippen LogP contribution in [0.5, 0.6) is 5.88 Å². The van der Waals surface area contributed by atoms with Gasteiger partial charge in [0.25, 0.3) is 5.56 Å². The van der Waals surface area contributed by atoms with Crippen LogP contribution in [0.15, 0.2) is 59.9 Å². The summed E-state index contributed by atoms with van der Waals surface area (Å²) in [6, 6.07) is 9.44. The molecule has 1 heterocycles. The van der Waals surface area contributed by atoms with Gasteiger partial charge in [0.2, 0.25) is 5.88 Å². The predicted octanol–water partition coefficient (Wildman–Crippen LogP) is 4.02. The number of aromatic hydroxyl groups is 1. The monoisotopic (exact) mass is 534 g/mol. The van der Waals surface area contributed by atoms with E-state index in [4.69, 9.17) is 0 Å². The van der Waals surface area contributed by atoms with Crippen molar-refractivity contribution in [3.8, 4) is 11.6 Å². The topological polar surface area (TPSA) is 117 Å². The predicted molar refractivity (Wildman–Crippen MR) is 122 cm³/mol. The lowest BCUT2D eigenvalue weighted by Crippen LogP contribution is -2.31. The SMILES string of the molecule is Cc1cc(NC(=O)N=Cc2c(O)n(-c3ccc(Br)c(C)c3)c(=O)[nH]c2=O)ccc1Br. The molecule has 0 atom stereocenters. The number of rotatable bonds is 3. The molecule has 154 valence electrons. The zero-order valence-corrected chi connectivity index (χ0v) is 19.0. The van der Waals surface area contributed by atoms with E-state index >= 15 is 0 Å². The summed E-state index contributed by atoms with van der Waals surface area (Å²) in [4.78, 5) is 42.3. The second-order valence-electron chi connectivity index (χ2n) is 6.42. The van der Waals surface area contributed by atoms with E-state index in [0.29, 0.717) is 11.4 Å². The van der Waals surface area contributed by atoms with Crippen molar-refractivity contribution in [2.45, 2.75) is 13.8 Å². The molecule has 0 bridgehead atoms. The number of anilines is 1. The minimum Gasteiger partial charge on any atom is -0.493 e. The average molecular weight is 536 g/mol. The number of carbonyl (C=O) groups is 1. The number of hydrogen-bond acceptors (Lipinski definition) is 4. The number of aryl methyl sites for hydroxylation is 2. The van der Waals surface area contributed by atoms with Crippen LogP contribution in [0.2, 0.25) is 0 Å². The molecule has 30 heavy (non-hydrogen) atoms. The maximum Gasteiger partial charge on any atom is 0.345 e. The summed E-state index contributed by atoms with van der Waals surface area (Å²) < 4.78 is 2.65. The van der Waals surface area contributed by atoms with Crippen molar-refractivity contribution in [2.24, 2.45) is 4.99 Å². The van der Waals surface area contributed by atoms with E-state index in [9.17, 15) is 19.5 Å². The molecule has 0 saturated heterocycles. The Morgan fingerprint density at radius 1 is 1.10 bits per heavy atom. The van der Waals surface area contributed by atoms with Crippen molar-refractivity contribution in [2.75, 3.05) is 5.32 Å². The Morgan fingerprint density at radius 3 is 2.37 bits per heavy atom. The Balaban J connectivity index is 1.94. The minimum atomic E-state index is -0.862. The summed E-state index contributed by atoms with van der Waals surface area (Å²) in [6.45, 7) is 3.69. The molecular formula is C20H16Br2N4O4. The van der Waals surface area contributed by atoms with Crippen LogP contribution in [0.3, 0.4) is 0 Å². The van der Waals surface area contributed by atoms with Gasteiger partial charge in [-0.25, -0.2) is 19.1 Å². The third-order valence-corrected chi connectivity index (χ3v) is 6.02. The first-order valence-electron chi connectivity index (χ1n) is 8.63. The molecule has 3 aromatic rings. The molecule has 0 fully saturated rings. The molecule has 0 radical (unpaired) electrons. The normalized spacial score (nSPS) is 11.1. The molecule has 3 N–H and O–H groups in total. The summed E-state index contributed by atoms with van der Waals surface area (Å²) in [5.41, 5.74) is 0.611. The van der Waals surface area contributed by atoms with Crippen LogP contribution < -0.4 is 16.6 Å². The number of aromatic nitrogens is 2. The maximum atomic E-state index is 12.3. The Bertz CT molecular complexity index is 1290. The van der Waals surface area contributed by atoms with Gasteiger partial charge in [-0.15, -0.1) is 0 Å². The number of urea groups is 1. The van der Waals surface area contributed by atoms with Crippen LogP contribution in [0.25, 0.3) is 5.69 Å². The number of carbonyl (C=O) groups excluding carboxylic acids is 1. The summed E-state index contributed by atoms with van der Waals surface area (Å²) in [7, 11) is 0. The summed E-state index contributed by atoms with van der Waals surface area (Å²) >= 11 is 6.74. The first kappa shape index (κ1) is 21.7. The number of hydrogen-bond donors (Lipinski definition) is 3. The van der Waals surface area contributed by atoms with Gasteiger partial charge in [0.15, 0.2) is 0 Å². The first-order chi connectivity index (χ1) is 14.2. The zero-order chi connectivity index (χ0) is 22.0. The third-order valence-electron chi connectivity index (χ3n) is 4.24. The highest BCUT2D eigenvalue weighted by atomic mass is 79.9. The van der Waals surface area contributed by atoms with Crippen molar-refractivity contribution in [3.05, 3.63) is 82.9 Å². The quantitative estimate of drug-likeness (QED) is 0.439. The molecule has 8 nitrogen and oxygen atoms in total. The van der Waals surface area contributed by atoms with Crippen LogP contribution in [0.1, 0.15) is 16.7 Å². The fourth-order valence-electron chi connectivity index (χ4n) is 2.66. The Hall–Kier alpha value is -2.98. The second-order valence-corrected chi connectivity index (χ2v) is 8.13. The number of aliphatic imine (C=N–C) groups is 1. The van der Waals surface area contributed by atoms with Crippen LogP contribution in [-0.4, -0.2) is 26.9 Å². The summed E-state index contributed by atoms with van der Waals surface area (Å²) in [5.74, 6) is -0.624. The van der Waals surface area contributed by atoms with Crippen molar-refractivity contribution in [1.82, 2.24) is 9.55 Å². The van der Waals surface area contributed by atoms with E-state index in [1.165, 1.54) is 0 Å². The van der Waals surface area contributed by atoms with E-state index < -0.39 is 23.2 Å². The first-order valence-corrected chi connectivity index (χ1v) is 10.2. The summed E-state index contributed by atoms with van der Waals surface area (Å²) in [6.07, 6.45) is 0.914. The average Bonchev–Trinajstić information content (AvgIpc) is 2.67. The minimum absolute atomic E-state index is 0.322. The highest BCUT2D eigenvalue weighted by molar-refractivity contribution is 9.10. The second kappa shape index (κ2) is 8.80. The van der Waals surface area contributed by atoms with Crippen LogP contribution in [-0.2, 0) is 0 Å². The lowest BCUT2D eigenvalue weighted by atomic mass is 10.2. The molecule has 3 rings (SSSR count). The van der Waals surface area contributed by atoms with Crippen molar-refractivity contribution in [1.29, 1.82) is 0 Å². The van der Waals surface area contributed by atoms with Gasteiger partial charge in [-0.2, -0.15) is 0 Å². The Morgan fingerprint density at radius 2 is 1.73 bits per heavy atom. The molecule has 1 aromatic heterocycles. The van der Waals surface area contributed by atoms with Crippen LogP contribution in [0.4, 0.5) is 10.5 Å². The number of nitrogens with one attached hydrogen (secondary N) is 2. The van der Waals surface area contributed by atoms with Gasteiger partial charge < -0.3 is 10.4 Å². The van der Waals surface area contributed by atoms with Gasteiger partial charge in [0.1, 0.15) is 5.56 Å². The largest absolute Gasteiger partial charge is 0.493 e. The van der Waals surface area contributed by atoms with Gasteiger partial charge in [-0.3, -0.25) is 9.78 Å². The lowest BCUT2D eigenvalue weighted by molar-refractivity contribution is 0.259. The molecule has 10 heteroatoms. The van der Waals surface area contributed by atoms with Gasteiger partial charge >= 0.3 is 11.7 Å². The zero-order valence-electron chi connectivity index (χ0n) is 15.9. The van der Waals surface area contributed by atoms with E-state index in [1.807, 2.05) is 13.8 Å². The molecule has 2 amide bonds. The molecule has 0 aliphatic heterocycles. The lowest BCUT2D eigenvalue weighted by Gasteiger charge is -2.11. The Kier molecular flexibility index (Phi) is 6.37. The van der Waals surface area contributed by atoms with Crippen LogP contribution in [0, 0.1) is 13.8 Å². The maximum absolute atomic E-state index is 12.3. The van der Waals surface area contributed by atoms with E-state index in [-0.39, 0.29) is 5.56 Å². The van der Waals surface area contributed by atoms with E-state index in [1.54, 1.807) is 36.4 Å². The highest BCUT2D eigenvalue weighted by Gasteiger charge is 2.15. The van der Waals surface area contributed by atoms with Crippen molar-refractivity contribution >= 4 is 49.8 Å². The molecule has 0 saturated carbocycles. The molecule has 2 aromatic carbocycles. The smallest absolute Gasteiger partial charge is 0.345 e. The van der Waals surface area contributed by atoms with E-state index in [0.717, 1.165) is 30.9 Å². The molecular weight excluding hydrogens is 520 g/mol. The number of benzene rings is 2. The van der Waals surface area contributed by atoms with E-state index in [2.05, 4.69) is 47.2 Å². The van der Waals surface area contributed by atoms with Gasteiger partial charge in [0.05, 0.1) is 11.9 Å². The fourth-order valence-corrected chi connectivity index (χ4v) is 3.16. The molecule has 0 spiro atoms. The molecule has 0 aliphatic carbocycles. The standard InChI is InChI=1S/C20H16Br2N4O4/c1-10-7-12(3-5-15(10)21)24-19(29)23-9-14-17(27)25-20(30)26(18(14)28)13-4-6-16(22)11(2)8-13/h3-9,28H,1-2H3,(H,24,29)(H,25,27,30). The number of amides is 2. The third kappa shape index (κ3) is 4.60. The number of H-pyrrole nitrogens is 1. The molecule has 0 aliphatic rings. The van der Waals surface area contributed by atoms with Crippen molar-refractivity contribution in [3.63, 3.8) is 0 Å². The number of nitrogens with zero attached hydrogens (tertiary/aromatic N) is 2. The molecule has 0 unspecified atom stereocenters. The van der Waals surface area contributed by atoms with Gasteiger partial charge in [0, 0.05) is 14.6 Å². The number of aromatic amines is 1. The van der Waals surface area contributed by atoms with Gasteiger partial charge in [-0.05, 0) is 61.4 Å². The van der Waals surface area contributed by atoms with Crippen molar-refractivity contribution < 1.29 is 9.90 Å². The van der Waals surface area contributed by atoms with Crippen LogP contribution >= 0.6 is 31.9 Å². The summed E-state index contributed by atoms with van der Waals surface area (Å²) in [5, 5.41) is 13.1. The fraction of sp³-hybridized carbons (Fsp3) is 0.100. The number of halogens is 2.